The van der Waals surface area contributed by atoms with E-state index in [1.807, 2.05) is 31.2 Å². The third-order valence-corrected chi connectivity index (χ3v) is 6.60. The average Bonchev–Trinajstić information content (AvgIpc) is 3.12. The highest BCUT2D eigenvalue weighted by atomic mass is 35.5. The Morgan fingerprint density at radius 1 is 1.23 bits per heavy atom. The third kappa shape index (κ3) is 5.03. The van der Waals surface area contributed by atoms with Gasteiger partial charge in [0.15, 0.2) is 0 Å². The maximum atomic E-state index is 12.5. The van der Waals surface area contributed by atoms with Crippen LogP contribution >= 0.6 is 35.0 Å². The summed E-state index contributed by atoms with van der Waals surface area (Å²) in [7, 11) is 0. The molecule has 0 saturated heterocycles. The SMILES string of the molecule is Cc1c(Cl)cccc1NC(=O)CC1Cn2nc(SCc3ccccc3Cl)nc2NC1=O. The Morgan fingerprint density at radius 2 is 2.00 bits per heavy atom. The summed E-state index contributed by atoms with van der Waals surface area (Å²) in [5, 5.41) is 11.8. The van der Waals surface area contributed by atoms with E-state index in [0.29, 0.717) is 32.6 Å². The number of anilines is 2. The Labute approximate surface area is 193 Å². The average molecular weight is 476 g/mol. The molecule has 10 heteroatoms. The maximum absolute atomic E-state index is 12.5. The van der Waals surface area contributed by atoms with Gasteiger partial charge in [0.25, 0.3) is 0 Å². The second-order valence-electron chi connectivity index (χ2n) is 7.13. The molecule has 7 nitrogen and oxygen atoms in total. The highest BCUT2D eigenvalue weighted by Crippen LogP contribution is 2.28. The molecule has 0 spiro atoms. The van der Waals surface area contributed by atoms with Crippen LogP contribution < -0.4 is 10.6 Å². The summed E-state index contributed by atoms with van der Waals surface area (Å²) in [5.74, 6) is -0.0611. The van der Waals surface area contributed by atoms with Gasteiger partial charge in [0, 0.05) is 27.9 Å². The number of hydrogen-bond acceptors (Lipinski definition) is 5. The Kier molecular flexibility index (Phi) is 6.50. The first kappa shape index (κ1) is 21.7. The molecule has 3 aromatic rings. The van der Waals surface area contributed by atoms with Gasteiger partial charge in [-0.2, -0.15) is 4.98 Å². The monoisotopic (exact) mass is 475 g/mol. The van der Waals surface area contributed by atoms with Gasteiger partial charge in [0.1, 0.15) is 0 Å². The predicted molar refractivity (Wildman–Crippen MR) is 123 cm³/mol. The molecule has 0 aliphatic carbocycles. The number of hydrogen-bond donors (Lipinski definition) is 2. The molecule has 0 bridgehead atoms. The summed E-state index contributed by atoms with van der Waals surface area (Å²) in [4.78, 5) is 29.4. The molecule has 2 heterocycles. The molecule has 4 rings (SSSR count). The minimum atomic E-state index is -0.546. The molecule has 160 valence electrons. The number of carbonyl (C=O) groups excluding carboxylic acids is 2. The summed E-state index contributed by atoms with van der Waals surface area (Å²) < 4.78 is 1.62. The maximum Gasteiger partial charge on any atom is 0.232 e. The Hall–Kier alpha value is -2.55. The summed E-state index contributed by atoms with van der Waals surface area (Å²) >= 11 is 13.7. The third-order valence-electron chi connectivity index (χ3n) is 4.94. The van der Waals surface area contributed by atoms with Gasteiger partial charge in [0.2, 0.25) is 22.9 Å². The van der Waals surface area contributed by atoms with Crippen LogP contribution in [0.25, 0.3) is 0 Å². The van der Waals surface area contributed by atoms with Crippen LogP contribution in [0.1, 0.15) is 17.5 Å². The highest BCUT2D eigenvalue weighted by Gasteiger charge is 2.30. The molecule has 31 heavy (non-hydrogen) atoms. The van der Waals surface area contributed by atoms with Crippen molar-refractivity contribution in [1.82, 2.24) is 14.8 Å². The lowest BCUT2D eigenvalue weighted by Crippen LogP contribution is -2.36. The standard InChI is InChI=1S/C21H19Cl2N5O2S/c1-12-15(22)7-4-8-17(12)24-18(29)9-14-10-28-20(25-19(14)30)26-21(27-28)31-11-13-5-2-3-6-16(13)23/h2-8,14H,9-11H2,1H3,(H,24,29)(H,25,26,27,30). The molecule has 1 aliphatic heterocycles. The predicted octanol–water partition coefficient (Wildman–Crippen LogP) is 4.78. The van der Waals surface area contributed by atoms with Crippen molar-refractivity contribution in [2.45, 2.75) is 30.8 Å². The first-order valence-corrected chi connectivity index (χ1v) is 11.3. The molecule has 1 unspecified atom stereocenters. The first-order chi connectivity index (χ1) is 14.9. The zero-order valence-corrected chi connectivity index (χ0v) is 18.9. The van der Waals surface area contributed by atoms with E-state index in [4.69, 9.17) is 23.2 Å². The van der Waals surface area contributed by atoms with Gasteiger partial charge in [-0.1, -0.05) is 59.2 Å². The minimum Gasteiger partial charge on any atom is -0.326 e. The Bertz CT molecular complexity index is 1150. The lowest BCUT2D eigenvalue weighted by atomic mass is 10.0. The number of rotatable bonds is 6. The highest BCUT2D eigenvalue weighted by molar-refractivity contribution is 7.98. The summed E-state index contributed by atoms with van der Waals surface area (Å²) in [6.07, 6.45) is 0.0270. The van der Waals surface area contributed by atoms with Crippen molar-refractivity contribution in [2.24, 2.45) is 5.92 Å². The lowest BCUT2D eigenvalue weighted by Gasteiger charge is -2.21. The van der Waals surface area contributed by atoms with Crippen LogP contribution in [0.2, 0.25) is 10.0 Å². The summed E-state index contributed by atoms with van der Waals surface area (Å²) in [6, 6.07) is 12.9. The van der Waals surface area contributed by atoms with Crippen LogP contribution in [0.3, 0.4) is 0 Å². The van der Waals surface area contributed by atoms with Crippen molar-refractivity contribution in [2.75, 3.05) is 10.6 Å². The number of benzene rings is 2. The molecule has 1 atom stereocenters. The summed E-state index contributed by atoms with van der Waals surface area (Å²) in [5.41, 5.74) is 2.40. The molecule has 0 fully saturated rings. The van der Waals surface area contributed by atoms with Crippen LogP contribution in [0, 0.1) is 12.8 Å². The zero-order chi connectivity index (χ0) is 22.0. The molecule has 0 saturated carbocycles. The van der Waals surface area contributed by atoms with Gasteiger partial charge in [-0.05, 0) is 36.2 Å². The lowest BCUT2D eigenvalue weighted by molar-refractivity contribution is -0.126. The molecule has 2 aromatic carbocycles. The van der Waals surface area contributed by atoms with Gasteiger partial charge >= 0.3 is 0 Å². The largest absolute Gasteiger partial charge is 0.326 e. The quantitative estimate of drug-likeness (QED) is 0.500. The van der Waals surface area contributed by atoms with E-state index in [9.17, 15) is 9.59 Å². The number of nitrogens with zero attached hydrogens (tertiary/aromatic N) is 3. The van der Waals surface area contributed by atoms with E-state index in [2.05, 4.69) is 20.7 Å². The van der Waals surface area contributed by atoms with Crippen molar-refractivity contribution >= 4 is 58.4 Å². The van der Waals surface area contributed by atoms with Crippen molar-refractivity contribution in [3.8, 4) is 0 Å². The number of nitrogens with one attached hydrogen (secondary N) is 2. The molecule has 1 aromatic heterocycles. The van der Waals surface area contributed by atoms with Gasteiger partial charge in [-0.3, -0.25) is 14.9 Å². The smallest absolute Gasteiger partial charge is 0.232 e. The van der Waals surface area contributed by atoms with E-state index in [-0.39, 0.29) is 24.8 Å². The van der Waals surface area contributed by atoms with Crippen molar-refractivity contribution in [3.63, 3.8) is 0 Å². The second kappa shape index (κ2) is 9.30. The number of thioether (sulfide) groups is 1. The van der Waals surface area contributed by atoms with Crippen LogP contribution in [0.4, 0.5) is 11.6 Å². The van der Waals surface area contributed by atoms with E-state index < -0.39 is 5.92 Å². The van der Waals surface area contributed by atoms with Crippen LogP contribution in [0.5, 0.6) is 0 Å². The van der Waals surface area contributed by atoms with Crippen LogP contribution in [-0.4, -0.2) is 26.6 Å². The van der Waals surface area contributed by atoms with Crippen molar-refractivity contribution < 1.29 is 9.59 Å². The number of amides is 2. The van der Waals surface area contributed by atoms with E-state index in [1.54, 1.807) is 22.9 Å². The Balaban J connectivity index is 1.39. The molecular weight excluding hydrogens is 457 g/mol. The first-order valence-electron chi connectivity index (χ1n) is 9.57. The number of carbonyl (C=O) groups is 2. The van der Waals surface area contributed by atoms with E-state index >= 15 is 0 Å². The fraction of sp³-hybridized carbons (Fsp3) is 0.238. The van der Waals surface area contributed by atoms with Crippen molar-refractivity contribution in [3.05, 3.63) is 63.6 Å². The van der Waals surface area contributed by atoms with Gasteiger partial charge < -0.3 is 5.32 Å². The zero-order valence-electron chi connectivity index (χ0n) is 16.6. The topological polar surface area (TPSA) is 88.9 Å². The number of halogens is 2. The van der Waals surface area contributed by atoms with Crippen LogP contribution in [0.15, 0.2) is 47.6 Å². The Morgan fingerprint density at radius 3 is 2.81 bits per heavy atom. The normalized spacial score (nSPS) is 15.3. The fourth-order valence-electron chi connectivity index (χ4n) is 3.19. The van der Waals surface area contributed by atoms with Gasteiger partial charge in [0.05, 0.1) is 12.5 Å². The fourth-order valence-corrected chi connectivity index (χ4v) is 4.49. The molecule has 2 amide bonds. The molecule has 2 N–H and O–H groups in total. The van der Waals surface area contributed by atoms with E-state index in [1.165, 1.54) is 11.8 Å². The van der Waals surface area contributed by atoms with E-state index in [0.717, 1.165) is 11.1 Å². The van der Waals surface area contributed by atoms with Crippen LogP contribution in [-0.2, 0) is 21.9 Å². The molecule has 0 radical (unpaired) electrons. The molecule has 1 aliphatic rings. The number of fused-ring (bicyclic) bond motifs is 1. The van der Waals surface area contributed by atoms with Gasteiger partial charge in [-0.15, -0.1) is 5.10 Å². The van der Waals surface area contributed by atoms with Gasteiger partial charge in [-0.25, -0.2) is 4.68 Å². The molecular formula is C21H19Cl2N5O2S. The second-order valence-corrected chi connectivity index (χ2v) is 8.89. The van der Waals surface area contributed by atoms with Crippen molar-refractivity contribution in [1.29, 1.82) is 0 Å². The number of aromatic nitrogens is 3. The summed E-state index contributed by atoms with van der Waals surface area (Å²) in [6.45, 7) is 2.11. The minimum absolute atomic E-state index is 0.0270.